The second-order valence-corrected chi connectivity index (χ2v) is 11.1. The first kappa shape index (κ1) is 27.4. The van der Waals surface area contributed by atoms with Gasteiger partial charge in [0, 0.05) is 12.0 Å². The Hall–Kier alpha value is -2.14. The van der Waals surface area contributed by atoms with Crippen LogP contribution in [0.5, 0.6) is 5.75 Å². The fourth-order valence-electron chi connectivity index (χ4n) is 4.24. The Morgan fingerprint density at radius 2 is 1.66 bits per heavy atom. The van der Waals surface area contributed by atoms with Crippen molar-refractivity contribution < 1.29 is 35.4 Å². The van der Waals surface area contributed by atoms with Gasteiger partial charge in [0.1, 0.15) is 17.6 Å². The van der Waals surface area contributed by atoms with E-state index in [1.807, 2.05) is 31.2 Å². The van der Waals surface area contributed by atoms with E-state index in [4.69, 9.17) is 0 Å². The number of hydrogen-bond donors (Lipinski definition) is 7. The molecule has 35 heavy (non-hydrogen) atoms. The molecular weight excluding hydrogens is 470 g/mol. The van der Waals surface area contributed by atoms with Crippen LogP contribution >= 0.6 is 11.8 Å². The molecule has 9 heteroatoms. The van der Waals surface area contributed by atoms with Crippen LogP contribution in [0, 0.1) is 6.92 Å². The third-order valence-electron chi connectivity index (χ3n) is 6.19. The summed E-state index contributed by atoms with van der Waals surface area (Å²) in [5.74, 6) is -0.236. The van der Waals surface area contributed by atoms with Gasteiger partial charge in [-0.1, -0.05) is 30.3 Å². The van der Waals surface area contributed by atoms with Gasteiger partial charge in [0.2, 0.25) is 5.91 Å². The number of phenolic OH excluding ortho intramolecular Hbond substituents is 1. The van der Waals surface area contributed by atoms with E-state index in [0.717, 1.165) is 34.0 Å². The molecule has 2 aromatic carbocycles. The van der Waals surface area contributed by atoms with Gasteiger partial charge in [-0.2, -0.15) is 0 Å². The molecule has 1 heterocycles. The van der Waals surface area contributed by atoms with Crippen LogP contribution in [-0.4, -0.2) is 72.4 Å². The molecule has 7 N–H and O–H groups in total. The second-order valence-electron chi connectivity index (χ2n) is 9.69. The fourth-order valence-corrected chi connectivity index (χ4v) is 5.68. The highest BCUT2D eigenvalue weighted by Gasteiger charge is 2.44. The van der Waals surface area contributed by atoms with Gasteiger partial charge in [-0.15, -0.1) is 11.8 Å². The molecule has 0 spiro atoms. The van der Waals surface area contributed by atoms with Gasteiger partial charge in [0.25, 0.3) is 0 Å². The summed E-state index contributed by atoms with van der Waals surface area (Å²) >= 11 is 1.13. The first-order valence-corrected chi connectivity index (χ1v) is 12.6. The lowest BCUT2D eigenvalue weighted by Gasteiger charge is -2.40. The van der Waals surface area contributed by atoms with Crippen molar-refractivity contribution in [1.82, 2.24) is 5.32 Å². The Balaban J connectivity index is 1.73. The van der Waals surface area contributed by atoms with E-state index in [1.165, 1.54) is 13.8 Å². The van der Waals surface area contributed by atoms with Gasteiger partial charge >= 0.3 is 0 Å². The van der Waals surface area contributed by atoms with Gasteiger partial charge in [0.15, 0.2) is 0 Å². The maximum atomic E-state index is 11.9. The minimum Gasteiger partial charge on any atom is -0.508 e. The molecule has 2 aromatic rings. The topological polar surface area (TPSA) is 150 Å². The number of benzene rings is 2. The van der Waals surface area contributed by atoms with Crippen LogP contribution in [0.15, 0.2) is 36.4 Å². The number of thioether (sulfide) groups is 1. The Labute approximate surface area is 209 Å². The molecule has 0 aliphatic carbocycles. The molecule has 0 aromatic heterocycles. The largest absolute Gasteiger partial charge is 0.508 e. The van der Waals surface area contributed by atoms with Crippen LogP contribution in [0.3, 0.4) is 0 Å². The highest BCUT2D eigenvalue weighted by atomic mass is 32.2. The summed E-state index contributed by atoms with van der Waals surface area (Å²) in [5.41, 5.74) is 3.02. The lowest BCUT2D eigenvalue weighted by Crippen LogP contribution is -2.51. The number of rotatable bonds is 8. The molecule has 1 aliphatic rings. The van der Waals surface area contributed by atoms with Crippen molar-refractivity contribution in [2.45, 2.75) is 74.6 Å². The monoisotopic (exact) mass is 505 g/mol. The molecule has 0 radical (unpaired) electrons. The van der Waals surface area contributed by atoms with Crippen molar-refractivity contribution in [2.75, 3.05) is 6.61 Å². The summed E-state index contributed by atoms with van der Waals surface area (Å²) in [6, 6.07) is 11.3. The van der Waals surface area contributed by atoms with Crippen molar-refractivity contribution in [1.29, 1.82) is 0 Å². The molecular formula is C26H35NO7S. The average Bonchev–Trinajstić information content (AvgIpc) is 2.78. The minimum atomic E-state index is -1.43. The maximum Gasteiger partial charge on any atom is 0.222 e. The Morgan fingerprint density at radius 3 is 2.26 bits per heavy atom. The van der Waals surface area contributed by atoms with Gasteiger partial charge in [-0.3, -0.25) is 4.79 Å². The van der Waals surface area contributed by atoms with E-state index in [0.29, 0.717) is 18.4 Å². The predicted molar refractivity (Wildman–Crippen MR) is 134 cm³/mol. The van der Waals surface area contributed by atoms with Crippen molar-refractivity contribution in [2.24, 2.45) is 0 Å². The van der Waals surface area contributed by atoms with Crippen molar-refractivity contribution >= 4 is 17.7 Å². The number of phenols is 1. The average molecular weight is 506 g/mol. The van der Waals surface area contributed by atoms with Crippen LogP contribution in [0.4, 0.5) is 0 Å². The summed E-state index contributed by atoms with van der Waals surface area (Å²) in [6.07, 6.45) is -2.61. The molecule has 1 amide bonds. The number of aromatic hydroxyl groups is 1. The number of nitrogens with one attached hydrogen (secondary N) is 1. The number of carbonyl (C=O) groups excluding carboxylic acids is 1. The predicted octanol–water partition coefficient (Wildman–Crippen LogP) is 1.30. The van der Waals surface area contributed by atoms with E-state index in [-0.39, 0.29) is 24.7 Å². The van der Waals surface area contributed by atoms with E-state index >= 15 is 0 Å². The van der Waals surface area contributed by atoms with Crippen molar-refractivity contribution in [3.05, 3.63) is 64.2 Å². The lowest BCUT2D eigenvalue weighted by atomic mass is 9.92. The highest BCUT2D eigenvalue weighted by molar-refractivity contribution is 8.00. The highest BCUT2D eigenvalue weighted by Crippen LogP contribution is 2.46. The van der Waals surface area contributed by atoms with E-state index in [1.54, 1.807) is 12.1 Å². The summed E-state index contributed by atoms with van der Waals surface area (Å²) in [4.78, 5) is 11.9. The molecule has 0 saturated carbocycles. The molecule has 1 aliphatic heterocycles. The number of aliphatic hydroxyl groups is 5. The Morgan fingerprint density at radius 1 is 1.03 bits per heavy atom. The molecule has 5 atom stereocenters. The number of aryl methyl sites for hydroxylation is 2. The molecule has 0 bridgehead atoms. The van der Waals surface area contributed by atoms with E-state index in [2.05, 4.69) is 5.32 Å². The Bertz CT molecular complexity index is 1020. The quantitative estimate of drug-likeness (QED) is 0.265. The molecule has 1 saturated heterocycles. The Kier molecular flexibility index (Phi) is 8.85. The second kappa shape index (κ2) is 11.3. The normalized spacial score (nSPS) is 24.9. The summed E-state index contributed by atoms with van der Waals surface area (Å²) < 4.78 is 0. The standard InChI is InChI=1S/C26H35NO7S/c1-14-10-19(29)18(25-24(33)23(32)22(31)20(13-28)35-25)12-17(14)11-16-6-4-15(5-7-16)8-9-21(30)27-26(2,3)34/h4-7,10,12,20,22-25,28-29,31-34H,8-9,11,13H2,1-3H3,(H,27,30)/t20-,22-,23+,24-,25+/m1/s1. The number of carbonyl (C=O) groups is 1. The number of amides is 1. The lowest BCUT2D eigenvalue weighted by molar-refractivity contribution is -0.126. The third-order valence-corrected chi connectivity index (χ3v) is 7.79. The van der Waals surface area contributed by atoms with Crippen molar-refractivity contribution in [3.63, 3.8) is 0 Å². The number of hydrogen-bond acceptors (Lipinski definition) is 8. The maximum absolute atomic E-state index is 11.9. The molecule has 0 unspecified atom stereocenters. The van der Waals surface area contributed by atoms with Gasteiger partial charge in [0.05, 0.1) is 29.3 Å². The van der Waals surface area contributed by atoms with Gasteiger partial charge < -0.3 is 36.0 Å². The molecule has 1 fully saturated rings. The zero-order valence-electron chi connectivity index (χ0n) is 20.2. The minimum absolute atomic E-state index is 0.0113. The van der Waals surface area contributed by atoms with Crippen LogP contribution < -0.4 is 5.32 Å². The fraction of sp³-hybridized carbons (Fsp3) is 0.500. The van der Waals surface area contributed by atoms with Crippen molar-refractivity contribution in [3.8, 4) is 5.75 Å². The summed E-state index contributed by atoms with van der Waals surface area (Å²) in [6.45, 7) is 4.55. The van der Waals surface area contributed by atoms with Crippen LogP contribution in [0.25, 0.3) is 0 Å². The van der Waals surface area contributed by atoms with E-state index in [9.17, 15) is 35.4 Å². The summed E-state index contributed by atoms with van der Waals surface area (Å²) in [7, 11) is 0. The summed E-state index contributed by atoms with van der Waals surface area (Å²) in [5, 5.41) is 61.9. The molecule has 8 nitrogen and oxygen atoms in total. The molecule has 192 valence electrons. The van der Waals surface area contributed by atoms with Crippen LogP contribution in [-0.2, 0) is 17.6 Å². The van der Waals surface area contributed by atoms with Gasteiger partial charge in [-0.05, 0) is 61.9 Å². The zero-order valence-corrected chi connectivity index (χ0v) is 21.0. The number of aliphatic hydroxyl groups excluding tert-OH is 4. The van der Waals surface area contributed by atoms with Gasteiger partial charge in [-0.25, -0.2) is 0 Å². The first-order chi connectivity index (χ1) is 16.4. The first-order valence-electron chi connectivity index (χ1n) is 11.6. The zero-order chi connectivity index (χ0) is 25.9. The smallest absolute Gasteiger partial charge is 0.222 e. The third kappa shape index (κ3) is 6.97. The van der Waals surface area contributed by atoms with Crippen LogP contribution in [0.2, 0.25) is 0 Å². The molecule has 3 rings (SSSR count). The van der Waals surface area contributed by atoms with Crippen LogP contribution in [0.1, 0.15) is 53.3 Å². The SMILES string of the molecule is Cc1cc(O)c([C@@H]2S[C@H](CO)[C@@H](O)[C@H](O)[C@H]2O)cc1Cc1ccc(CCC(=O)NC(C)(C)O)cc1. The van der Waals surface area contributed by atoms with E-state index < -0.39 is 34.5 Å².